The molecule has 1 aliphatic rings. The van der Waals surface area contributed by atoms with Crippen LogP contribution < -0.4 is 0 Å². The van der Waals surface area contributed by atoms with Gasteiger partial charge in [-0.1, -0.05) is 6.07 Å². The standard InChI is InChI=1S/C13H15BrClNO/c1-9-2-3-11(12(14)6-9)13(17)16-5-4-10(7-15)8-16/h2-3,6,10H,4-5,7-8H2,1H3. The van der Waals surface area contributed by atoms with Gasteiger partial charge in [0, 0.05) is 23.4 Å². The molecule has 1 fully saturated rings. The quantitative estimate of drug-likeness (QED) is 0.765. The average molecular weight is 317 g/mol. The summed E-state index contributed by atoms with van der Waals surface area (Å²) in [7, 11) is 0. The molecule has 1 aromatic carbocycles. The molecule has 1 aliphatic heterocycles. The molecule has 92 valence electrons. The second-order valence-corrected chi connectivity index (χ2v) is 5.71. The second kappa shape index (κ2) is 5.40. The third kappa shape index (κ3) is 2.83. The number of nitrogens with zero attached hydrogens (tertiary/aromatic N) is 1. The molecule has 0 bridgehead atoms. The molecule has 1 aromatic rings. The van der Waals surface area contributed by atoms with Crippen LogP contribution in [0.2, 0.25) is 0 Å². The maximum absolute atomic E-state index is 12.3. The molecule has 4 heteroatoms. The van der Waals surface area contributed by atoms with Crippen molar-refractivity contribution in [2.75, 3.05) is 19.0 Å². The van der Waals surface area contributed by atoms with Crippen molar-refractivity contribution in [2.24, 2.45) is 5.92 Å². The van der Waals surface area contributed by atoms with Gasteiger partial charge in [-0.15, -0.1) is 11.6 Å². The van der Waals surface area contributed by atoms with E-state index in [1.807, 2.05) is 30.0 Å². The van der Waals surface area contributed by atoms with E-state index < -0.39 is 0 Å². The molecule has 0 aliphatic carbocycles. The number of halogens is 2. The zero-order chi connectivity index (χ0) is 12.4. The lowest BCUT2D eigenvalue weighted by molar-refractivity contribution is 0.0787. The van der Waals surface area contributed by atoms with Gasteiger partial charge in [-0.25, -0.2) is 0 Å². The topological polar surface area (TPSA) is 20.3 Å². The van der Waals surface area contributed by atoms with Crippen molar-refractivity contribution < 1.29 is 4.79 Å². The van der Waals surface area contributed by atoms with Crippen LogP contribution in [0.25, 0.3) is 0 Å². The molecule has 1 unspecified atom stereocenters. The zero-order valence-corrected chi connectivity index (χ0v) is 12.1. The number of carbonyl (C=O) groups excluding carboxylic acids is 1. The van der Waals surface area contributed by atoms with Gasteiger partial charge in [-0.3, -0.25) is 4.79 Å². The molecule has 2 nitrogen and oxygen atoms in total. The van der Waals surface area contributed by atoms with Crippen molar-refractivity contribution in [1.82, 2.24) is 4.90 Å². The lowest BCUT2D eigenvalue weighted by atomic mass is 10.1. The highest BCUT2D eigenvalue weighted by atomic mass is 79.9. The predicted molar refractivity (Wildman–Crippen MR) is 73.6 cm³/mol. The number of aryl methyl sites for hydroxylation is 1. The predicted octanol–water partition coefficient (Wildman–Crippen LogP) is 3.46. The molecular weight excluding hydrogens is 302 g/mol. The number of amides is 1. The fourth-order valence-electron chi connectivity index (χ4n) is 2.11. The van der Waals surface area contributed by atoms with Crippen molar-refractivity contribution >= 4 is 33.4 Å². The van der Waals surface area contributed by atoms with E-state index in [0.29, 0.717) is 11.8 Å². The Hall–Kier alpha value is -0.540. The number of benzene rings is 1. The number of hydrogen-bond acceptors (Lipinski definition) is 1. The van der Waals surface area contributed by atoms with Crippen LogP contribution in [0, 0.1) is 12.8 Å². The maximum atomic E-state index is 12.3. The Morgan fingerprint density at radius 2 is 2.35 bits per heavy atom. The highest BCUT2D eigenvalue weighted by Gasteiger charge is 2.27. The first-order chi connectivity index (χ1) is 8.11. The SMILES string of the molecule is Cc1ccc(C(=O)N2CCC(CCl)C2)c(Br)c1. The van der Waals surface area contributed by atoms with Gasteiger partial charge in [0.25, 0.3) is 5.91 Å². The molecule has 1 amide bonds. The van der Waals surface area contributed by atoms with Crippen LogP contribution in [-0.4, -0.2) is 29.8 Å². The van der Waals surface area contributed by atoms with Crippen molar-refractivity contribution in [1.29, 1.82) is 0 Å². The molecule has 17 heavy (non-hydrogen) atoms. The molecule has 0 N–H and O–H groups in total. The van der Waals surface area contributed by atoms with E-state index in [9.17, 15) is 4.79 Å². The minimum atomic E-state index is 0.101. The van der Waals surface area contributed by atoms with E-state index in [4.69, 9.17) is 11.6 Å². The van der Waals surface area contributed by atoms with Gasteiger partial charge in [0.2, 0.25) is 0 Å². The molecule has 2 rings (SSSR count). The summed E-state index contributed by atoms with van der Waals surface area (Å²) >= 11 is 9.28. The van der Waals surface area contributed by atoms with Gasteiger partial charge in [0.1, 0.15) is 0 Å². The van der Waals surface area contributed by atoms with E-state index in [-0.39, 0.29) is 5.91 Å². The number of carbonyl (C=O) groups is 1. The van der Waals surface area contributed by atoms with Gasteiger partial charge < -0.3 is 4.90 Å². The van der Waals surface area contributed by atoms with Crippen molar-refractivity contribution in [3.05, 3.63) is 33.8 Å². The average Bonchev–Trinajstić information content (AvgIpc) is 2.76. The van der Waals surface area contributed by atoms with Crippen LogP contribution in [0.15, 0.2) is 22.7 Å². The minimum absolute atomic E-state index is 0.101. The number of likely N-dealkylation sites (tertiary alicyclic amines) is 1. The summed E-state index contributed by atoms with van der Waals surface area (Å²) in [5.74, 6) is 1.19. The van der Waals surface area contributed by atoms with Crippen molar-refractivity contribution in [3.8, 4) is 0 Å². The van der Waals surface area contributed by atoms with E-state index in [2.05, 4.69) is 15.9 Å². The fourth-order valence-corrected chi connectivity index (χ4v) is 3.02. The fraction of sp³-hybridized carbons (Fsp3) is 0.462. The summed E-state index contributed by atoms with van der Waals surface area (Å²) in [5, 5.41) is 0. The lowest BCUT2D eigenvalue weighted by Crippen LogP contribution is -2.29. The van der Waals surface area contributed by atoms with Gasteiger partial charge >= 0.3 is 0 Å². The van der Waals surface area contributed by atoms with Crippen molar-refractivity contribution in [3.63, 3.8) is 0 Å². The first-order valence-corrected chi connectivity index (χ1v) is 7.06. The molecular formula is C13H15BrClNO. The molecule has 0 spiro atoms. The molecule has 1 atom stereocenters. The molecule has 1 saturated heterocycles. The monoisotopic (exact) mass is 315 g/mol. The van der Waals surface area contributed by atoms with Gasteiger partial charge in [0.05, 0.1) is 5.56 Å². The molecule has 0 saturated carbocycles. The number of alkyl halides is 1. The second-order valence-electron chi connectivity index (χ2n) is 4.54. The Morgan fingerprint density at radius 1 is 1.59 bits per heavy atom. The third-order valence-electron chi connectivity index (χ3n) is 3.15. The minimum Gasteiger partial charge on any atom is -0.338 e. The highest BCUT2D eigenvalue weighted by molar-refractivity contribution is 9.10. The van der Waals surface area contributed by atoms with E-state index in [0.717, 1.165) is 35.1 Å². The molecule has 0 radical (unpaired) electrons. The van der Waals surface area contributed by atoms with Crippen LogP contribution in [-0.2, 0) is 0 Å². The zero-order valence-electron chi connectivity index (χ0n) is 9.75. The normalized spacial score (nSPS) is 19.7. The van der Waals surface area contributed by atoms with Gasteiger partial charge in [-0.05, 0) is 52.9 Å². The van der Waals surface area contributed by atoms with E-state index in [1.54, 1.807) is 0 Å². The lowest BCUT2D eigenvalue weighted by Gasteiger charge is -2.17. The Morgan fingerprint density at radius 3 is 2.94 bits per heavy atom. The maximum Gasteiger partial charge on any atom is 0.255 e. The Kier molecular flexibility index (Phi) is 4.10. The Balaban J connectivity index is 2.15. The summed E-state index contributed by atoms with van der Waals surface area (Å²) in [6, 6.07) is 5.82. The van der Waals surface area contributed by atoms with Crippen LogP contribution in [0.4, 0.5) is 0 Å². The largest absolute Gasteiger partial charge is 0.338 e. The molecule has 0 aromatic heterocycles. The molecule has 1 heterocycles. The van der Waals surface area contributed by atoms with Crippen LogP contribution in [0.5, 0.6) is 0 Å². The smallest absolute Gasteiger partial charge is 0.255 e. The summed E-state index contributed by atoms with van der Waals surface area (Å²) in [6.45, 7) is 3.61. The van der Waals surface area contributed by atoms with Crippen LogP contribution in [0.1, 0.15) is 22.3 Å². The summed E-state index contributed by atoms with van der Waals surface area (Å²) in [5.41, 5.74) is 1.89. The van der Waals surface area contributed by atoms with E-state index >= 15 is 0 Å². The third-order valence-corrected chi connectivity index (χ3v) is 4.24. The van der Waals surface area contributed by atoms with Crippen molar-refractivity contribution in [2.45, 2.75) is 13.3 Å². The highest BCUT2D eigenvalue weighted by Crippen LogP contribution is 2.24. The van der Waals surface area contributed by atoms with Gasteiger partial charge in [-0.2, -0.15) is 0 Å². The first-order valence-electron chi connectivity index (χ1n) is 5.73. The van der Waals surface area contributed by atoms with Crippen LogP contribution >= 0.6 is 27.5 Å². The first kappa shape index (κ1) is 12.9. The summed E-state index contributed by atoms with van der Waals surface area (Å²) in [6.07, 6.45) is 1.01. The number of rotatable bonds is 2. The Labute approximate surface area is 115 Å². The van der Waals surface area contributed by atoms with Crippen LogP contribution in [0.3, 0.4) is 0 Å². The summed E-state index contributed by atoms with van der Waals surface area (Å²) < 4.78 is 0.872. The number of hydrogen-bond donors (Lipinski definition) is 0. The Bertz CT molecular complexity index is 435. The summed E-state index contributed by atoms with van der Waals surface area (Å²) in [4.78, 5) is 14.2. The van der Waals surface area contributed by atoms with E-state index in [1.165, 1.54) is 0 Å². The van der Waals surface area contributed by atoms with Gasteiger partial charge in [0.15, 0.2) is 0 Å².